The Kier molecular flexibility index (Phi) is 2.88. The molecule has 0 saturated heterocycles. The molecule has 0 spiro atoms. The summed E-state index contributed by atoms with van der Waals surface area (Å²) in [6.45, 7) is 0. The zero-order chi connectivity index (χ0) is 8.97. The van der Waals surface area contributed by atoms with Crippen molar-refractivity contribution in [2.75, 3.05) is 0 Å². The average Bonchev–Trinajstić information content (AvgIpc) is 2.05. The lowest BCUT2D eigenvalue weighted by Gasteiger charge is -2.12. The highest BCUT2D eigenvalue weighted by Gasteiger charge is 2.08. The molecule has 0 radical (unpaired) electrons. The Balaban J connectivity index is 2.54. The van der Waals surface area contributed by atoms with Crippen LogP contribution in [0.3, 0.4) is 0 Å². The van der Waals surface area contributed by atoms with Crippen LogP contribution in [0.4, 0.5) is 0 Å². The molecule has 0 unspecified atom stereocenters. The largest absolute Gasteiger partial charge is 0.481 e. The van der Waals surface area contributed by atoms with Gasteiger partial charge in [0.05, 0.1) is 6.42 Å². The van der Waals surface area contributed by atoms with E-state index in [0.29, 0.717) is 0 Å². The molecule has 0 aliphatic heterocycles. The van der Waals surface area contributed by atoms with Gasteiger partial charge < -0.3 is 10.5 Å². The highest BCUT2D eigenvalue weighted by molar-refractivity contribution is 5.70. The van der Waals surface area contributed by atoms with Gasteiger partial charge in [-0.2, -0.15) is 0 Å². The maximum atomic E-state index is 10.3. The van der Waals surface area contributed by atoms with Crippen molar-refractivity contribution >= 4 is 5.97 Å². The van der Waals surface area contributed by atoms with Crippen LogP contribution < -0.4 is 11.3 Å². The van der Waals surface area contributed by atoms with Crippen molar-refractivity contribution < 1.29 is 9.90 Å². The zero-order valence-corrected chi connectivity index (χ0v) is 6.71. The van der Waals surface area contributed by atoms with Crippen LogP contribution in [0.5, 0.6) is 0 Å². The summed E-state index contributed by atoms with van der Waals surface area (Å²) in [6, 6.07) is 0. The van der Waals surface area contributed by atoms with Gasteiger partial charge in [0.1, 0.15) is 0 Å². The lowest BCUT2D eigenvalue weighted by molar-refractivity contribution is -0.136. The van der Waals surface area contributed by atoms with Crippen molar-refractivity contribution in [3.05, 3.63) is 23.4 Å². The van der Waals surface area contributed by atoms with Crippen molar-refractivity contribution in [3.8, 4) is 0 Å². The van der Waals surface area contributed by atoms with Gasteiger partial charge in [0, 0.05) is 5.70 Å². The lowest BCUT2D eigenvalue weighted by Crippen LogP contribution is -2.22. The van der Waals surface area contributed by atoms with E-state index in [1.807, 2.05) is 12.2 Å². The van der Waals surface area contributed by atoms with Crippen LogP contribution in [0.1, 0.15) is 19.3 Å². The third kappa shape index (κ3) is 2.39. The standard InChI is InChI=1S/C8H12N2O2/c9-10-7-3-1-6(2-4-7)5-8(11)12/h1,3,10H,2,4-5,9H2,(H,11,12). The Morgan fingerprint density at radius 2 is 2.33 bits per heavy atom. The minimum absolute atomic E-state index is 0.133. The van der Waals surface area contributed by atoms with E-state index >= 15 is 0 Å². The van der Waals surface area contributed by atoms with E-state index in [-0.39, 0.29) is 6.42 Å². The molecular formula is C8H12N2O2. The van der Waals surface area contributed by atoms with Crippen molar-refractivity contribution in [3.63, 3.8) is 0 Å². The topological polar surface area (TPSA) is 75.3 Å². The van der Waals surface area contributed by atoms with Crippen molar-refractivity contribution in [1.82, 2.24) is 5.43 Å². The molecule has 0 saturated carbocycles. The van der Waals surface area contributed by atoms with Crippen molar-refractivity contribution in [2.45, 2.75) is 19.3 Å². The summed E-state index contributed by atoms with van der Waals surface area (Å²) in [7, 11) is 0. The molecule has 1 aliphatic rings. The normalized spacial score (nSPS) is 16.4. The molecule has 66 valence electrons. The fourth-order valence-corrected chi connectivity index (χ4v) is 1.14. The van der Waals surface area contributed by atoms with Gasteiger partial charge in [-0.05, 0) is 18.9 Å². The summed E-state index contributed by atoms with van der Waals surface area (Å²) >= 11 is 0. The zero-order valence-electron chi connectivity index (χ0n) is 6.71. The number of nitrogens with one attached hydrogen (secondary N) is 1. The third-order valence-corrected chi connectivity index (χ3v) is 1.80. The Morgan fingerprint density at radius 1 is 1.58 bits per heavy atom. The van der Waals surface area contributed by atoms with Crippen LogP contribution in [0.2, 0.25) is 0 Å². The fourth-order valence-electron chi connectivity index (χ4n) is 1.14. The number of hydrogen-bond donors (Lipinski definition) is 3. The van der Waals surface area contributed by atoms with Crippen molar-refractivity contribution in [1.29, 1.82) is 0 Å². The Hall–Kier alpha value is -1.29. The first kappa shape index (κ1) is 8.80. The second-order valence-corrected chi connectivity index (χ2v) is 2.73. The number of allylic oxidation sites excluding steroid dienone is 3. The van der Waals surface area contributed by atoms with Gasteiger partial charge in [-0.15, -0.1) is 0 Å². The molecule has 0 atom stereocenters. The number of aliphatic carboxylic acids is 1. The number of carboxylic acids is 1. The molecule has 0 aromatic carbocycles. The molecule has 4 heteroatoms. The van der Waals surface area contributed by atoms with Gasteiger partial charge >= 0.3 is 5.97 Å². The van der Waals surface area contributed by atoms with Gasteiger partial charge in [-0.1, -0.05) is 11.6 Å². The maximum absolute atomic E-state index is 10.3. The minimum atomic E-state index is -0.779. The van der Waals surface area contributed by atoms with Gasteiger partial charge in [0.2, 0.25) is 0 Å². The average molecular weight is 168 g/mol. The van der Waals surface area contributed by atoms with Gasteiger partial charge in [-0.25, -0.2) is 0 Å². The van der Waals surface area contributed by atoms with E-state index in [9.17, 15) is 4.79 Å². The number of rotatable bonds is 3. The molecule has 0 heterocycles. The van der Waals surface area contributed by atoms with Crippen LogP contribution in [-0.2, 0) is 4.79 Å². The van der Waals surface area contributed by atoms with E-state index in [2.05, 4.69) is 5.43 Å². The van der Waals surface area contributed by atoms with E-state index < -0.39 is 5.97 Å². The summed E-state index contributed by atoms with van der Waals surface area (Å²) in [5.41, 5.74) is 4.44. The highest BCUT2D eigenvalue weighted by atomic mass is 16.4. The van der Waals surface area contributed by atoms with Crippen LogP contribution in [0, 0.1) is 0 Å². The molecule has 4 N–H and O–H groups in total. The summed E-state index contributed by atoms with van der Waals surface area (Å²) in [4.78, 5) is 10.3. The summed E-state index contributed by atoms with van der Waals surface area (Å²) in [5.74, 6) is 4.41. The Bertz CT molecular complexity index is 243. The number of hydrogen-bond acceptors (Lipinski definition) is 3. The van der Waals surface area contributed by atoms with E-state index in [4.69, 9.17) is 10.9 Å². The lowest BCUT2D eigenvalue weighted by atomic mass is 10.0. The molecule has 0 fully saturated rings. The second kappa shape index (κ2) is 3.92. The van der Waals surface area contributed by atoms with Crippen LogP contribution in [-0.4, -0.2) is 11.1 Å². The smallest absolute Gasteiger partial charge is 0.307 e. The fraction of sp³-hybridized carbons (Fsp3) is 0.375. The molecule has 1 rings (SSSR count). The molecular weight excluding hydrogens is 156 g/mol. The first-order valence-electron chi connectivity index (χ1n) is 3.79. The Morgan fingerprint density at radius 3 is 2.75 bits per heavy atom. The molecule has 0 aromatic heterocycles. The van der Waals surface area contributed by atoms with Crippen LogP contribution in [0.15, 0.2) is 23.4 Å². The predicted octanol–water partition coefficient (Wildman–Crippen LogP) is 0.528. The quantitative estimate of drug-likeness (QED) is 0.424. The number of hydrazine groups is 1. The first-order valence-corrected chi connectivity index (χ1v) is 3.79. The summed E-state index contributed by atoms with van der Waals surface area (Å²) < 4.78 is 0. The number of nitrogens with two attached hydrogens (primary N) is 1. The molecule has 0 amide bonds. The van der Waals surface area contributed by atoms with Gasteiger partial charge in [-0.3, -0.25) is 10.6 Å². The van der Waals surface area contributed by atoms with E-state index in [1.54, 1.807) is 0 Å². The third-order valence-electron chi connectivity index (χ3n) is 1.80. The number of carbonyl (C=O) groups is 1. The minimum Gasteiger partial charge on any atom is -0.481 e. The molecule has 1 aliphatic carbocycles. The first-order chi connectivity index (χ1) is 5.72. The predicted molar refractivity (Wildman–Crippen MR) is 45.0 cm³/mol. The highest BCUT2D eigenvalue weighted by Crippen LogP contribution is 2.18. The number of carboxylic acid groups (broad SMARTS) is 1. The SMILES string of the molecule is NNC1=CC=C(CC(=O)O)CC1. The van der Waals surface area contributed by atoms with Crippen molar-refractivity contribution in [2.24, 2.45) is 5.84 Å². The van der Waals surface area contributed by atoms with Crippen LogP contribution >= 0.6 is 0 Å². The van der Waals surface area contributed by atoms with E-state index in [1.165, 1.54) is 0 Å². The second-order valence-electron chi connectivity index (χ2n) is 2.73. The monoisotopic (exact) mass is 168 g/mol. The summed E-state index contributed by atoms with van der Waals surface area (Å²) in [5, 5.41) is 8.49. The Labute approximate surface area is 70.7 Å². The van der Waals surface area contributed by atoms with Gasteiger partial charge in [0.15, 0.2) is 0 Å². The molecule has 4 nitrogen and oxygen atoms in total. The molecule has 0 bridgehead atoms. The van der Waals surface area contributed by atoms with Gasteiger partial charge in [0.25, 0.3) is 0 Å². The van der Waals surface area contributed by atoms with Crippen LogP contribution in [0.25, 0.3) is 0 Å². The molecule has 0 aromatic rings. The maximum Gasteiger partial charge on any atom is 0.307 e. The van der Waals surface area contributed by atoms with E-state index in [0.717, 1.165) is 24.1 Å². The molecule has 12 heavy (non-hydrogen) atoms. The summed E-state index contributed by atoms with van der Waals surface area (Å²) in [6.07, 6.45) is 5.35.